The van der Waals surface area contributed by atoms with Crippen molar-refractivity contribution in [3.05, 3.63) is 0 Å². The number of likely N-dealkylation sites (tertiary alicyclic amines) is 2. The Hall–Kier alpha value is -0.120. The molecule has 0 aliphatic carbocycles. The molecule has 1 atom stereocenters. The maximum Gasteiger partial charge on any atom is 0.0108 e. The van der Waals surface area contributed by atoms with Crippen LogP contribution in [-0.4, -0.2) is 54.6 Å². The van der Waals surface area contributed by atoms with E-state index in [4.69, 9.17) is 5.73 Å². The molecule has 2 saturated heterocycles. The summed E-state index contributed by atoms with van der Waals surface area (Å²) in [6, 6.07) is 1.30. The van der Waals surface area contributed by atoms with E-state index >= 15 is 0 Å². The standard InChI is InChI=1S/C13H27N3/c1-2-15-8-3-4-13(7-9-15)16-10-5-12(14)6-11-16/h12-13H,2-11,14H2,1H3. The van der Waals surface area contributed by atoms with Gasteiger partial charge in [0.25, 0.3) is 0 Å². The van der Waals surface area contributed by atoms with Crippen LogP contribution in [0.2, 0.25) is 0 Å². The molecule has 0 bridgehead atoms. The van der Waals surface area contributed by atoms with Crippen molar-refractivity contribution in [3.8, 4) is 0 Å². The van der Waals surface area contributed by atoms with E-state index in [-0.39, 0.29) is 0 Å². The first kappa shape index (κ1) is 12.3. The van der Waals surface area contributed by atoms with Gasteiger partial charge >= 0.3 is 0 Å². The van der Waals surface area contributed by atoms with Gasteiger partial charge in [-0.2, -0.15) is 0 Å². The molecular formula is C13H27N3. The zero-order valence-corrected chi connectivity index (χ0v) is 10.7. The van der Waals surface area contributed by atoms with Crippen LogP contribution in [0.3, 0.4) is 0 Å². The third-order valence-electron chi connectivity index (χ3n) is 4.33. The third kappa shape index (κ3) is 3.19. The maximum absolute atomic E-state index is 5.97. The van der Waals surface area contributed by atoms with Crippen LogP contribution in [0.5, 0.6) is 0 Å². The Labute approximate surface area is 100.0 Å². The van der Waals surface area contributed by atoms with Gasteiger partial charge in [-0.25, -0.2) is 0 Å². The van der Waals surface area contributed by atoms with Crippen molar-refractivity contribution in [1.29, 1.82) is 0 Å². The summed E-state index contributed by atoms with van der Waals surface area (Å²) in [4.78, 5) is 5.29. The first-order valence-electron chi connectivity index (χ1n) is 7.01. The molecule has 16 heavy (non-hydrogen) atoms. The predicted molar refractivity (Wildman–Crippen MR) is 68.5 cm³/mol. The average Bonchev–Trinajstić information content (AvgIpc) is 2.55. The molecule has 0 spiro atoms. The van der Waals surface area contributed by atoms with E-state index in [2.05, 4.69) is 16.7 Å². The average molecular weight is 225 g/mol. The highest BCUT2D eigenvalue weighted by Gasteiger charge is 2.25. The summed E-state index contributed by atoms with van der Waals surface area (Å²) in [6.45, 7) is 8.57. The quantitative estimate of drug-likeness (QED) is 0.768. The second kappa shape index (κ2) is 5.99. The zero-order chi connectivity index (χ0) is 11.4. The number of hydrogen-bond acceptors (Lipinski definition) is 3. The van der Waals surface area contributed by atoms with E-state index in [1.807, 2.05) is 0 Å². The monoisotopic (exact) mass is 225 g/mol. The largest absolute Gasteiger partial charge is 0.328 e. The molecule has 2 aliphatic heterocycles. The van der Waals surface area contributed by atoms with Crippen LogP contribution in [-0.2, 0) is 0 Å². The maximum atomic E-state index is 5.97. The molecule has 3 heteroatoms. The van der Waals surface area contributed by atoms with E-state index < -0.39 is 0 Å². The molecule has 0 aromatic heterocycles. The molecule has 0 radical (unpaired) electrons. The Balaban J connectivity index is 1.80. The highest BCUT2D eigenvalue weighted by molar-refractivity contribution is 4.82. The summed E-state index contributed by atoms with van der Waals surface area (Å²) < 4.78 is 0. The zero-order valence-electron chi connectivity index (χ0n) is 10.7. The minimum absolute atomic E-state index is 0.467. The summed E-state index contributed by atoms with van der Waals surface area (Å²) in [5.74, 6) is 0. The van der Waals surface area contributed by atoms with Crippen molar-refractivity contribution in [2.45, 2.75) is 51.1 Å². The fraction of sp³-hybridized carbons (Fsp3) is 1.00. The Morgan fingerprint density at radius 1 is 1.00 bits per heavy atom. The van der Waals surface area contributed by atoms with Crippen LogP contribution in [0.15, 0.2) is 0 Å². The van der Waals surface area contributed by atoms with Crippen molar-refractivity contribution in [1.82, 2.24) is 9.80 Å². The van der Waals surface area contributed by atoms with Crippen molar-refractivity contribution < 1.29 is 0 Å². The Kier molecular flexibility index (Phi) is 4.62. The van der Waals surface area contributed by atoms with Crippen LogP contribution in [0.1, 0.15) is 39.0 Å². The Morgan fingerprint density at radius 3 is 2.44 bits per heavy atom. The van der Waals surface area contributed by atoms with Gasteiger partial charge in [-0.15, -0.1) is 0 Å². The summed E-state index contributed by atoms with van der Waals surface area (Å²) in [6.07, 6.45) is 6.54. The van der Waals surface area contributed by atoms with Gasteiger partial charge < -0.3 is 15.5 Å². The molecule has 2 rings (SSSR count). The molecule has 3 nitrogen and oxygen atoms in total. The van der Waals surface area contributed by atoms with Gasteiger partial charge in [0, 0.05) is 12.1 Å². The molecule has 0 aromatic carbocycles. The number of nitrogens with zero attached hydrogens (tertiary/aromatic N) is 2. The Bertz CT molecular complexity index is 199. The van der Waals surface area contributed by atoms with E-state index in [1.165, 1.54) is 64.8 Å². The summed E-state index contributed by atoms with van der Waals surface area (Å²) in [7, 11) is 0. The lowest BCUT2D eigenvalue weighted by Crippen LogP contribution is -2.45. The number of rotatable bonds is 2. The molecule has 0 amide bonds. The van der Waals surface area contributed by atoms with Crippen LogP contribution in [0.25, 0.3) is 0 Å². The van der Waals surface area contributed by atoms with Gasteiger partial charge in [0.1, 0.15) is 0 Å². The smallest absolute Gasteiger partial charge is 0.0108 e. The highest BCUT2D eigenvalue weighted by Crippen LogP contribution is 2.20. The number of piperidine rings is 1. The summed E-state index contributed by atoms with van der Waals surface area (Å²) in [5.41, 5.74) is 5.97. The molecule has 0 aromatic rings. The van der Waals surface area contributed by atoms with Gasteiger partial charge in [0.15, 0.2) is 0 Å². The molecule has 94 valence electrons. The van der Waals surface area contributed by atoms with Crippen LogP contribution < -0.4 is 5.73 Å². The van der Waals surface area contributed by atoms with Gasteiger partial charge in [-0.1, -0.05) is 6.92 Å². The lowest BCUT2D eigenvalue weighted by molar-refractivity contribution is 0.139. The van der Waals surface area contributed by atoms with E-state index in [1.54, 1.807) is 0 Å². The molecule has 2 N–H and O–H groups in total. The lowest BCUT2D eigenvalue weighted by Gasteiger charge is -2.36. The third-order valence-corrected chi connectivity index (χ3v) is 4.33. The molecule has 0 saturated carbocycles. The Morgan fingerprint density at radius 2 is 1.75 bits per heavy atom. The molecule has 2 fully saturated rings. The first-order valence-corrected chi connectivity index (χ1v) is 7.01. The highest BCUT2D eigenvalue weighted by atomic mass is 15.2. The SMILES string of the molecule is CCN1CCCC(N2CCC(N)CC2)CC1. The van der Waals surface area contributed by atoms with Gasteiger partial charge in [-0.3, -0.25) is 0 Å². The van der Waals surface area contributed by atoms with E-state index in [9.17, 15) is 0 Å². The van der Waals surface area contributed by atoms with Crippen LogP contribution >= 0.6 is 0 Å². The van der Waals surface area contributed by atoms with Crippen LogP contribution in [0, 0.1) is 0 Å². The van der Waals surface area contributed by atoms with Crippen LogP contribution in [0.4, 0.5) is 0 Å². The van der Waals surface area contributed by atoms with E-state index in [0.29, 0.717) is 6.04 Å². The van der Waals surface area contributed by atoms with Crippen molar-refractivity contribution in [2.75, 3.05) is 32.7 Å². The number of nitrogens with two attached hydrogens (primary N) is 1. The minimum atomic E-state index is 0.467. The van der Waals surface area contributed by atoms with Gasteiger partial charge in [-0.05, 0) is 64.8 Å². The lowest BCUT2D eigenvalue weighted by atomic mass is 10.0. The summed E-state index contributed by atoms with van der Waals surface area (Å²) in [5, 5.41) is 0. The minimum Gasteiger partial charge on any atom is -0.328 e. The van der Waals surface area contributed by atoms with Gasteiger partial charge in [0.2, 0.25) is 0 Å². The number of hydrogen-bond donors (Lipinski definition) is 1. The van der Waals surface area contributed by atoms with Crippen molar-refractivity contribution >= 4 is 0 Å². The predicted octanol–water partition coefficient (Wildman–Crippen LogP) is 1.28. The fourth-order valence-corrected chi connectivity index (χ4v) is 3.10. The van der Waals surface area contributed by atoms with Gasteiger partial charge in [0.05, 0.1) is 0 Å². The fourth-order valence-electron chi connectivity index (χ4n) is 3.10. The van der Waals surface area contributed by atoms with E-state index in [0.717, 1.165) is 6.04 Å². The second-order valence-electron chi connectivity index (χ2n) is 5.39. The summed E-state index contributed by atoms with van der Waals surface area (Å²) >= 11 is 0. The van der Waals surface area contributed by atoms with Crippen molar-refractivity contribution in [3.63, 3.8) is 0 Å². The molecule has 1 unspecified atom stereocenters. The second-order valence-corrected chi connectivity index (χ2v) is 5.39. The topological polar surface area (TPSA) is 32.5 Å². The molecule has 2 aliphatic rings. The molecule has 2 heterocycles. The first-order chi connectivity index (χ1) is 7.79. The molecular weight excluding hydrogens is 198 g/mol. The van der Waals surface area contributed by atoms with Crippen molar-refractivity contribution in [2.24, 2.45) is 5.73 Å². The normalized spacial score (nSPS) is 31.5.